The Labute approximate surface area is 222 Å². The van der Waals surface area contributed by atoms with Gasteiger partial charge in [0.15, 0.2) is 0 Å². The molecular weight excluding hydrogens is 454 g/mol. The fourth-order valence-electron chi connectivity index (χ4n) is 4.28. The van der Waals surface area contributed by atoms with Crippen LogP contribution in [0.5, 0.6) is 0 Å². The van der Waals surface area contributed by atoms with Crippen LogP contribution >= 0.6 is 0 Å². The summed E-state index contributed by atoms with van der Waals surface area (Å²) in [6.07, 6.45) is 19.2. The first-order valence-corrected chi connectivity index (χ1v) is 15.0. The molecule has 214 valence electrons. The van der Waals surface area contributed by atoms with Crippen molar-refractivity contribution in [3.05, 3.63) is 0 Å². The Morgan fingerprint density at radius 1 is 0.639 bits per heavy atom. The van der Waals surface area contributed by atoms with E-state index in [-0.39, 0.29) is 18.5 Å². The highest BCUT2D eigenvalue weighted by molar-refractivity contribution is 5.69. The van der Waals surface area contributed by atoms with Gasteiger partial charge in [-0.1, -0.05) is 77.6 Å². The number of aliphatic hydroxyl groups excluding tert-OH is 1. The van der Waals surface area contributed by atoms with Crippen LogP contribution in [-0.4, -0.2) is 60.4 Å². The first kappa shape index (κ1) is 34.9. The molecule has 0 aromatic carbocycles. The lowest BCUT2D eigenvalue weighted by atomic mass is 10.1. The molecule has 36 heavy (non-hydrogen) atoms. The molecule has 0 unspecified atom stereocenters. The third-order valence-electron chi connectivity index (χ3n) is 6.31. The maximum atomic E-state index is 11.8. The third-order valence-corrected chi connectivity index (χ3v) is 6.31. The van der Waals surface area contributed by atoms with Crippen molar-refractivity contribution in [3.8, 4) is 0 Å². The van der Waals surface area contributed by atoms with E-state index in [1.54, 1.807) is 0 Å². The number of nitrogens with zero attached hydrogens (tertiary/aromatic N) is 1. The number of hydrogen-bond acceptors (Lipinski definition) is 6. The highest BCUT2D eigenvalue weighted by Gasteiger charge is 2.15. The molecule has 0 aliphatic rings. The molecule has 0 heterocycles. The zero-order chi connectivity index (χ0) is 26.9. The molecule has 0 saturated carbocycles. The number of rotatable bonds is 25. The predicted molar refractivity (Wildman–Crippen MR) is 149 cm³/mol. The van der Waals surface area contributed by atoms with Crippen molar-refractivity contribution in [2.75, 3.05) is 32.8 Å². The van der Waals surface area contributed by atoms with E-state index in [2.05, 4.69) is 11.8 Å². The number of carbonyl (C=O) groups excluding carboxylic acids is 2. The Morgan fingerprint density at radius 2 is 1.11 bits per heavy atom. The summed E-state index contributed by atoms with van der Waals surface area (Å²) in [6.45, 7) is 11.5. The van der Waals surface area contributed by atoms with Crippen LogP contribution < -0.4 is 0 Å². The number of unbranched alkanes of at least 4 members (excludes halogenated alkanes) is 13. The number of carbonyl (C=O) groups is 2. The second-order valence-corrected chi connectivity index (χ2v) is 11.2. The molecule has 0 saturated heterocycles. The standard InChI is InChI=1S/C30H59NO5/c1-5-6-7-8-15-20-27-35-28(33)21-16-11-9-13-18-23-31(25-26-32)24-19-14-10-12-17-22-29(34)36-30(2,3)4/h32H,5-27H2,1-4H3. The molecule has 1 N–H and O–H groups in total. The van der Waals surface area contributed by atoms with Gasteiger partial charge in [-0.15, -0.1) is 0 Å². The summed E-state index contributed by atoms with van der Waals surface area (Å²) in [7, 11) is 0. The number of ether oxygens (including phenoxy) is 2. The minimum absolute atomic E-state index is 0.0393. The molecule has 6 nitrogen and oxygen atoms in total. The van der Waals surface area contributed by atoms with Gasteiger partial charge in [0.25, 0.3) is 0 Å². The summed E-state index contributed by atoms with van der Waals surface area (Å²) >= 11 is 0. The Kier molecular flexibility index (Phi) is 23.4. The quantitative estimate of drug-likeness (QED) is 0.103. The first-order valence-electron chi connectivity index (χ1n) is 15.0. The highest BCUT2D eigenvalue weighted by atomic mass is 16.6. The minimum Gasteiger partial charge on any atom is -0.466 e. The molecule has 0 radical (unpaired) electrons. The fourth-order valence-corrected chi connectivity index (χ4v) is 4.28. The van der Waals surface area contributed by atoms with Crippen molar-refractivity contribution < 1.29 is 24.2 Å². The summed E-state index contributed by atoms with van der Waals surface area (Å²) in [6, 6.07) is 0. The van der Waals surface area contributed by atoms with Crippen LogP contribution in [0.3, 0.4) is 0 Å². The molecule has 0 atom stereocenters. The smallest absolute Gasteiger partial charge is 0.306 e. The van der Waals surface area contributed by atoms with E-state index < -0.39 is 5.60 Å². The van der Waals surface area contributed by atoms with Gasteiger partial charge >= 0.3 is 11.9 Å². The second kappa shape index (κ2) is 24.2. The van der Waals surface area contributed by atoms with Crippen molar-refractivity contribution >= 4 is 11.9 Å². The van der Waals surface area contributed by atoms with E-state index in [0.717, 1.165) is 90.3 Å². The van der Waals surface area contributed by atoms with Gasteiger partial charge in [0, 0.05) is 19.4 Å². The van der Waals surface area contributed by atoms with E-state index in [1.165, 1.54) is 32.1 Å². The summed E-state index contributed by atoms with van der Waals surface area (Å²) in [5.41, 5.74) is -0.395. The van der Waals surface area contributed by atoms with Crippen LogP contribution in [0.2, 0.25) is 0 Å². The van der Waals surface area contributed by atoms with Gasteiger partial charge in [-0.05, 0) is 66.0 Å². The second-order valence-electron chi connectivity index (χ2n) is 11.2. The molecule has 6 heteroatoms. The van der Waals surface area contributed by atoms with Gasteiger partial charge in [-0.2, -0.15) is 0 Å². The average molecular weight is 514 g/mol. The Bertz CT molecular complexity index is 518. The van der Waals surface area contributed by atoms with Crippen LogP contribution in [0.25, 0.3) is 0 Å². The summed E-state index contributed by atoms with van der Waals surface area (Å²) in [4.78, 5) is 25.9. The lowest BCUT2D eigenvalue weighted by Crippen LogP contribution is -2.29. The number of aliphatic hydroxyl groups is 1. The van der Waals surface area contributed by atoms with Crippen LogP contribution in [0.4, 0.5) is 0 Å². The first-order chi connectivity index (χ1) is 17.3. The van der Waals surface area contributed by atoms with Gasteiger partial charge in [-0.25, -0.2) is 0 Å². The number of esters is 2. The van der Waals surface area contributed by atoms with Gasteiger partial charge in [0.1, 0.15) is 5.60 Å². The molecule has 0 fully saturated rings. The van der Waals surface area contributed by atoms with Crippen LogP contribution in [0, 0.1) is 0 Å². The predicted octanol–water partition coefficient (Wildman–Crippen LogP) is 7.21. The minimum atomic E-state index is -0.395. The zero-order valence-electron chi connectivity index (χ0n) is 24.3. The van der Waals surface area contributed by atoms with E-state index in [9.17, 15) is 14.7 Å². The van der Waals surface area contributed by atoms with Crippen LogP contribution in [-0.2, 0) is 19.1 Å². The molecule has 0 aromatic rings. The van der Waals surface area contributed by atoms with E-state index in [0.29, 0.717) is 19.4 Å². The fraction of sp³-hybridized carbons (Fsp3) is 0.933. The van der Waals surface area contributed by atoms with Crippen LogP contribution in [0.1, 0.15) is 143 Å². The topological polar surface area (TPSA) is 76.1 Å². The molecule has 0 spiro atoms. The van der Waals surface area contributed by atoms with Crippen molar-refractivity contribution in [1.82, 2.24) is 4.90 Å². The maximum absolute atomic E-state index is 11.8. The van der Waals surface area contributed by atoms with Crippen molar-refractivity contribution in [2.24, 2.45) is 0 Å². The van der Waals surface area contributed by atoms with Crippen molar-refractivity contribution in [3.63, 3.8) is 0 Å². The van der Waals surface area contributed by atoms with Crippen LogP contribution in [0.15, 0.2) is 0 Å². The Morgan fingerprint density at radius 3 is 1.64 bits per heavy atom. The molecule has 0 amide bonds. The van der Waals surface area contributed by atoms with E-state index in [4.69, 9.17) is 9.47 Å². The molecule has 0 rings (SSSR count). The lowest BCUT2D eigenvalue weighted by Gasteiger charge is -2.21. The van der Waals surface area contributed by atoms with Gasteiger partial charge in [0.05, 0.1) is 13.2 Å². The molecule has 0 aliphatic carbocycles. The van der Waals surface area contributed by atoms with Crippen molar-refractivity contribution in [1.29, 1.82) is 0 Å². The third kappa shape index (κ3) is 25.9. The van der Waals surface area contributed by atoms with E-state index in [1.807, 2.05) is 20.8 Å². The Hall–Kier alpha value is -1.14. The Balaban J connectivity index is 3.60. The summed E-state index contributed by atoms with van der Waals surface area (Å²) in [5, 5.41) is 9.36. The molecular formula is C30H59NO5. The highest BCUT2D eigenvalue weighted by Crippen LogP contribution is 2.13. The average Bonchev–Trinajstić information content (AvgIpc) is 2.81. The van der Waals surface area contributed by atoms with Gasteiger partial charge in [0.2, 0.25) is 0 Å². The van der Waals surface area contributed by atoms with E-state index >= 15 is 0 Å². The van der Waals surface area contributed by atoms with Crippen molar-refractivity contribution in [2.45, 2.75) is 149 Å². The maximum Gasteiger partial charge on any atom is 0.306 e. The summed E-state index contributed by atoms with van der Waals surface area (Å²) < 4.78 is 10.7. The molecule has 0 aliphatic heterocycles. The number of hydrogen-bond donors (Lipinski definition) is 1. The molecule has 0 bridgehead atoms. The molecule has 0 aromatic heterocycles. The lowest BCUT2D eigenvalue weighted by molar-refractivity contribution is -0.155. The SMILES string of the molecule is CCCCCCCCOC(=O)CCCCCCCN(CCO)CCCCCCCC(=O)OC(C)(C)C. The normalized spacial score (nSPS) is 11.7. The van der Waals surface area contributed by atoms with Gasteiger partial charge in [-0.3, -0.25) is 9.59 Å². The largest absolute Gasteiger partial charge is 0.466 e. The van der Waals surface area contributed by atoms with Gasteiger partial charge < -0.3 is 19.5 Å². The zero-order valence-corrected chi connectivity index (χ0v) is 24.3. The monoisotopic (exact) mass is 513 g/mol. The summed E-state index contributed by atoms with van der Waals surface area (Å²) in [5.74, 6) is -0.137.